The summed E-state index contributed by atoms with van der Waals surface area (Å²) in [5.41, 5.74) is -0.348. The number of halogens is 3. The molecule has 0 amide bonds. The maximum atomic E-state index is 12.8. The molecule has 0 saturated carbocycles. The molecular weight excluding hydrogens is 267 g/mol. The van der Waals surface area contributed by atoms with Crippen LogP contribution in [0.5, 0.6) is 0 Å². The van der Waals surface area contributed by atoms with Crippen LogP contribution in [0, 0.1) is 6.57 Å². The molecule has 0 aliphatic heterocycles. The quantitative estimate of drug-likeness (QED) is 0.765. The molecule has 0 heterocycles. The second-order valence-electron chi connectivity index (χ2n) is 4.93. The Morgan fingerprint density at radius 2 is 1.75 bits per heavy atom. The Balaban J connectivity index is 2.91. The van der Waals surface area contributed by atoms with E-state index in [9.17, 15) is 13.2 Å². The normalized spacial score (nSPS) is 11.5. The molecule has 0 aliphatic rings. The molecule has 110 valence electrons. The molecule has 0 aliphatic carbocycles. The van der Waals surface area contributed by atoms with Gasteiger partial charge in [0.15, 0.2) is 5.69 Å². The minimum atomic E-state index is -4.43. The first-order valence-corrected chi connectivity index (χ1v) is 6.19. The van der Waals surface area contributed by atoms with Crippen LogP contribution < -0.4 is 4.90 Å². The van der Waals surface area contributed by atoms with Gasteiger partial charge < -0.3 is 9.80 Å². The third kappa shape index (κ3) is 4.74. The van der Waals surface area contributed by atoms with E-state index in [0.29, 0.717) is 12.2 Å². The van der Waals surface area contributed by atoms with E-state index in [1.54, 1.807) is 11.9 Å². The average Bonchev–Trinajstić information content (AvgIpc) is 2.36. The van der Waals surface area contributed by atoms with Crippen LogP contribution in [0.2, 0.25) is 0 Å². The van der Waals surface area contributed by atoms with Gasteiger partial charge in [-0.3, -0.25) is 0 Å². The SMILES string of the molecule is [C-]#[N+]c1cc(N(C)CCCN(C)C)cc(C(F)(F)F)c1. The van der Waals surface area contributed by atoms with Gasteiger partial charge in [0.25, 0.3) is 0 Å². The Bertz CT molecular complexity index is 489. The topological polar surface area (TPSA) is 10.8 Å². The standard InChI is InChI=1S/C14H18F3N3/c1-18-12-8-11(14(15,16)17)9-13(10-12)20(4)7-5-6-19(2)3/h8-10H,5-7H2,2-4H3. The summed E-state index contributed by atoms with van der Waals surface area (Å²) in [6.45, 7) is 8.41. The summed E-state index contributed by atoms with van der Waals surface area (Å²) in [6.07, 6.45) is -3.59. The van der Waals surface area contributed by atoms with Crippen LogP contribution in [0.4, 0.5) is 24.5 Å². The predicted octanol–water partition coefficient (Wildman–Crippen LogP) is 3.64. The molecule has 1 aromatic rings. The molecule has 3 nitrogen and oxygen atoms in total. The van der Waals surface area contributed by atoms with Gasteiger partial charge in [-0.15, -0.1) is 0 Å². The van der Waals surface area contributed by atoms with Crippen molar-refractivity contribution in [3.63, 3.8) is 0 Å². The molecule has 0 bridgehead atoms. The van der Waals surface area contributed by atoms with Crippen LogP contribution in [-0.2, 0) is 6.18 Å². The Hall–Kier alpha value is -1.74. The number of nitrogens with zero attached hydrogens (tertiary/aromatic N) is 3. The van der Waals surface area contributed by atoms with Gasteiger partial charge in [0.2, 0.25) is 0 Å². The number of alkyl halides is 3. The summed E-state index contributed by atoms with van der Waals surface area (Å²) in [6, 6.07) is 3.45. The molecule has 0 radical (unpaired) electrons. The zero-order chi connectivity index (χ0) is 15.3. The van der Waals surface area contributed by atoms with Crippen molar-refractivity contribution in [3.8, 4) is 0 Å². The summed E-state index contributed by atoms with van der Waals surface area (Å²) in [4.78, 5) is 6.87. The van der Waals surface area contributed by atoms with Crippen molar-refractivity contribution in [2.75, 3.05) is 39.1 Å². The predicted molar refractivity (Wildman–Crippen MR) is 74.1 cm³/mol. The zero-order valence-corrected chi connectivity index (χ0v) is 11.8. The van der Waals surface area contributed by atoms with E-state index in [2.05, 4.69) is 4.85 Å². The van der Waals surface area contributed by atoms with Gasteiger partial charge in [-0.2, -0.15) is 13.2 Å². The van der Waals surface area contributed by atoms with Crippen LogP contribution in [0.15, 0.2) is 18.2 Å². The lowest BCUT2D eigenvalue weighted by molar-refractivity contribution is -0.137. The lowest BCUT2D eigenvalue weighted by Gasteiger charge is -2.22. The van der Waals surface area contributed by atoms with Gasteiger partial charge in [-0.25, -0.2) is 4.85 Å². The van der Waals surface area contributed by atoms with E-state index in [1.165, 1.54) is 6.07 Å². The summed E-state index contributed by atoms with van der Waals surface area (Å²) in [5, 5.41) is 0. The molecule has 0 N–H and O–H groups in total. The first-order valence-electron chi connectivity index (χ1n) is 6.19. The van der Waals surface area contributed by atoms with E-state index in [0.717, 1.165) is 25.1 Å². The highest BCUT2D eigenvalue weighted by molar-refractivity contribution is 5.61. The van der Waals surface area contributed by atoms with Crippen molar-refractivity contribution in [2.24, 2.45) is 0 Å². The number of benzene rings is 1. The second kappa shape index (κ2) is 6.62. The number of anilines is 1. The van der Waals surface area contributed by atoms with E-state index < -0.39 is 11.7 Å². The number of rotatable bonds is 5. The summed E-state index contributed by atoms with van der Waals surface area (Å²) in [7, 11) is 5.63. The van der Waals surface area contributed by atoms with E-state index in [1.807, 2.05) is 19.0 Å². The fourth-order valence-electron chi connectivity index (χ4n) is 1.80. The lowest BCUT2D eigenvalue weighted by atomic mass is 10.1. The van der Waals surface area contributed by atoms with Crippen molar-refractivity contribution in [3.05, 3.63) is 35.2 Å². The van der Waals surface area contributed by atoms with Crippen LogP contribution in [0.1, 0.15) is 12.0 Å². The second-order valence-corrected chi connectivity index (χ2v) is 4.93. The third-order valence-corrected chi connectivity index (χ3v) is 2.90. The van der Waals surface area contributed by atoms with Gasteiger partial charge >= 0.3 is 6.18 Å². The van der Waals surface area contributed by atoms with E-state index >= 15 is 0 Å². The molecule has 20 heavy (non-hydrogen) atoms. The van der Waals surface area contributed by atoms with Crippen molar-refractivity contribution in [2.45, 2.75) is 12.6 Å². The van der Waals surface area contributed by atoms with Crippen LogP contribution >= 0.6 is 0 Å². The Kier molecular flexibility index (Phi) is 5.40. The molecule has 0 unspecified atom stereocenters. The van der Waals surface area contributed by atoms with Crippen molar-refractivity contribution >= 4 is 11.4 Å². The fraction of sp³-hybridized carbons (Fsp3) is 0.500. The molecule has 6 heteroatoms. The van der Waals surface area contributed by atoms with Gasteiger partial charge in [-0.1, -0.05) is 0 Å². The highest BCUT2D eigenvalue weighted by Gasteiger charge is 2.31. The van der Waals surface area contributed by atoms with Crippen molar-refractivity contribution in [1.82, 2.24) is 4.90 Å². The maximum absolute atomic E-state index is 12.8. The van der Waals surface area contributed by atoms with Gasteiger partial charge in [0.1, 0.15) is 0 Å². The monoisotopic (exact) mass is 285 g/mol. The Morgan fingerprint density at radius 1 is 1.10 bits per heavy atom. The van der Waals surface area contributed by atoms with Crippen molar-refractivity contribution < 1.29 is 13.2 Å². The first kappa shape index (κ1) is 16.3. The highest BCUT2D eigenvalue weighted by atomic mass is 19.4. The van der Waals surface area contributed by atoms with Crippen LogP contribution in [0.25, 0.3) is 4.85 Å². The highest BCUT2D eigenvalue weighted by Crippen LogP contribution is 2.35. The van der Waals surface area contributed by atoms with Gasteiger partial charge in [0.05, 0.1) is 6.57 Å². The largest absolute Gasteiger partial charge is 0.415 e. The summed E-state index contributed by atoms with van der Waals surface area (Å²) in [5.74, 6) is 0. The smallest absolute Gasteiger partial charge is 0.376 e. The average molecular weight is 285 g/mol. The van der Waals surface area contributed by atoms with E-state index in [4.69, 9.17) is 6.57 Å². The van der Waals surface area contributed by atoms with Gasteiger partial charge in [-0.05, 0) is 45.3 Å². The molecule has 0 spiro atoms. The third-order valence-electron chi connectivity index (χ3n) is 2.90. The minimum absolute atomic E-state index is 0.00860. The zero-order valence-electron chi connectivity index (χ0n) is 11.8. The summed E-state index contributed by atoms with van der Waals surface area (Å²) < 4.78 is 38.3. The number of hydrogen-bond donors (Lipinski definition) is 0. The molecule has 0 aromatic heterocycles. The molecule has 0 saturated heterocycles. The molecule has 1 aromatic carbocycles. The van der Waals surface area contributed by atoms with Gasteiger partial charge in [0, 0.05) is 24.8 Å². The van der Waals surface area contributed by atoms with Crippen LogP contribution in [0.3, 0.4) is 0 Å². The Labute approximate surface area is 117 Å². The molecule has 0 atom stereocenters. The molecular formula is C14H18F3N3. The molecule has 1 rings (SSSR count). The maximum Gasteiger partial charge on any atom is 0.415 e. The van der Waals surface area contributed by atoms with Crippen molar-refractivity contribution in [1.29, 1.82) is 0 Å². The minimum Gasteiger partial charge on any atom is -0.376 e. The number of hydrogen-bond acceptors (Lipinski definition) is 2. The molecule has 0 fully saturated rings. The lowest BCUT2D eigenvalue weighted by Crippen LogP contribution is -2.23. The first-order chi connectivity index (χ1) is 9.24. The summed E-state index contributed by atoms with van der Waals surface area (Å²) >= 11 is 0. The fourth-order valence-corrected chi connectivity index (χ4v) is 1.80. The van der Waals surface area contributed by atoms with E-state index in [-0.39, 0.29) is 5.69 Å². The van der Waals surface area contributed by atoms with Crippen LogP contribution in [-0.4, -0.2) is 39.1 Å². The Morgan fingerprint density at radius 3 is 2.25 bits per heavy atom.